The third-order valence-corrected chi connectivity index (χ3v) is 5.79. The number of hydrogen-bond acceptors (Lipinski definition) is 5. The van der Waals surface area contributed by atoms with Crippen LogP contribution in [0.2, 0.25) is 0 Å². The second kappa shape index (κ2) is 7.86. The minimum absolute atomic E-state index is 0.0397. The van der Waals surface area contributed by atoms with Crippen LogP contribution in [0.5, 0.6) is 5.75 Å². The number of hydrogen-bond donors (Lipinski definition) is 2. The summed E-state index contributed by atoms with van der Waals surface area (Å²) in [5, 5.41) is 2.59. The summed E-state index contributed by atoms with van der Waals surface area (Å²) in [6.07, 6.45) is -3.32. The normalized spacial score (nSPS) is 15.5. The first kappa shape index (κ1) is 21.1. The van der Waals surface area contributed by atoms with Crippen LogP contribution < -0.4 is 15.5 Å². The van der Waals surface area contributed by atoms with Crippen molar-refractivity contribution in [2.45, 2.75) is 6.18 Å². The van der Waals surface area contributed by atoms with Crippen LogP contribution in [-0.2, 0) is 11.0 Å². The molecule has 1 aromatic heterocycles. The van der Waals surface area contributed by atoms with Crippen molar-refractivity contribution < 1.29 is 22.7 Å². The molecule has 1 saturated heterocycles. The predicted molar refractivity (Wildman–Crippen MR) is 118 cm³/mol. The van der Waals surface area contributed by atoms with Gasteiger partial charge in [0, 0.05) is 16.5 Å². The number of carbonyl (C=O) groups is 1. The topological polar surface area (TPSA) is 71.2 Å². The Morgan fingerprint density at radius 1 is 1.13 bits per heavy atom. The number of carbonyl (C=O) groups excluding carboxylic acids is 1. The Balaban J connectivity index is 2.00. The quantitative estimate of drug-likeness (QED) is 0.436. The zero-order valence-corrected chi connectivity index (χ0v) is 17.4. The molecule has 5 nitrogen and oxygen atoms in total. The Morgan fingerprint density at radius 3 is 2.52 bits per heavy atom. The van der Waals surface area contributed by atoms with E-state index in [2.05, 4.69) is 10.3 Å². The van der Waals surface area contributed by atoms with Crippen LogP contribution in [0, 0.1) is 0 Å². The molecule has 0 saturated carbocycles. The van der Waals surface area contributed by atoms with E-state index in [-0.39, 0.29) is 26.5 Å². The third kappa shape index (κ3) is 3.96. The number of H-pyrrole nitrogens is 1. The van der Waals surface area contributed by atoms with Gasteiger partial charge in [-0.15, -0.1) is 0 Å². The second-order valence-corrected chi connectivity index (χ2v) is 8.28. The summed E-state index contributed by atoms with van der Waals surface area (Å²) in [6.45, 7) is 0. The largest absolute Gasteiger partial charge is 0.496 e. The fraction of sp³-hybridized carbons (Fsp3) is 0.0952. The number of thiocarbonyl (C=S) groups is 1. The van der Waals surface area contributed by atoms with Gasteiger partial charge in [0.15, 0.2) is 5.43 Å². The van der Waals surface area contributed by atoms with Gasteiger partial charge in [0.05, 0.1) is 17.6 Å². The van der Waals surface area contributed by atoms with Gasteiger partial charge in [0.2, 0.25) is 0 Å². The molecule has 0 radical (unpaired) electrons. The Bertz CT molecular complexity index is 1330. The fourth-order valence-corrected chi connectivity index (χ4v) is 4.33. The van der Waals surface area contributed by atoms with Crippen LogP contribution in [0.25, 0.3) is 28.1 Å². The first-order valence-corrected chi connectivity index (χ1v) is 10.1. The molecule has 2 aromatic carbocycles. The molecule has 0 unspecified atom stereocenters. The number of aromatic amines is 1. The zero-order valence-electron chi connectivity index (χ0n) is 15.8. The summed E-state index contributed by atoms with van der Waals surface area (Å²) in [7, 11) is 1.30. The van der Waals surface area contributed by atoms with E-state index in [1.807, 2.05) is 0 Å². The molecular weight excluding hydrogens is 449 g/mol. The number of nitrogens with one attached hydrogen (secondary N) is 2. The van der Waals surface area contributed by atoms with Gasteiger partial charge in [-0.3, -0.25) is 9.59 Å². The Morgan fingerprint density at radius 2 is 1.87 bits per heavy atom. The molecule has 0 spiro atoms. The van der Waals surface area contributed by atoms with E-state index in [0.717, 1.165) is 11.8 Å². The van der Waals surface area contributed by atoms with E-state index >= 15 is 0 Å². The summed E-state index contributed by atoms with van der Waals surface area (Å²) >= 11 is 6.00. The predicted octanol–water partition coefficient (Wildman–Crippen LogP) is 4.71. The number of para-hydroxylation sites is 1. The Hall–Kier alpha value is -3.11. The highest BCUT2D eigenvalue weighted by Gasteiger charge is 2.37. The van der Waals surface area contributed by atoms with Gasteiger partial charge in [-0.1, -0.05) is 42.2 Å². The Labute approximate surface area is 183 Å². The number of methoxy groups -OCH3 is 1. The highest BCUT2D eigenvalue weighted by molar-refractivity contribution is 8.26. The molecule has 4 rings (SSSR count). The van der Waals surface area contributed by atoms with Crippen LogP contribution in [-0.4, -0.2) is 22.3 Å². The molecule has 2 heterocycles. The SMILES string of the molecule is COc1ccc(C=C2SC(=S)NC2=O)cc1-c1c(C(F)(F)F)[nH]c2ccccc2c1=O. The lowest BCUT2D eigenvalue weighted by Gasteiger charge is -2.16. The van der Waals surface area contributed by atoms with E-state index in [0.29, 0.717) is 10.5 Å². The maximum atomic E-state index is 13.9. The number of amides is 1. The van der Waals surface area contributed by atoms with Crippen molar-refractivity contribution in [3.63, 3.8) is 0 Å². The van der Waals surface area contributed by atoms with Crippen molar-refractivity contribution in [2.24, 2.45) is 0 Å². The maximum absolute atomic E-state index is 13.9. The van der Waals surface area contributed by atoms with E-state index in [1.165, 1.54) is 37.5 Å². The monoisotopic (exact) mass is 462 g/mol. The van der Waals surface area contributed by atoms with Gasteiger partial charge in [0.1, 0.15) is 15.8 Å². The molecule has 31 heavy (non-hydrogen) atoms. The van der Waals surface area contributed by atoms with Crippen LogP contribution in [0.15, 0.2) is 52.2 Å². The van der Waals surface area contributed by atoms with Crippen LogP contribution in [0.4, 0.5) is 13.2 Å². The number of fused-ring (bicyclic) bond motifs is 1. The van der Waals surface area contributed by atoms with Crippen molar-refractivity contribution in [3.8, 4) is 16.9 Å². The van der Waals surface area contributed by atoms with Gasteiger partial charge in [-0.2, -0.15) is 13.2 Å². The van der Waals surface area contributed by atoms with Crippen molar-refractivity contribution in [3.05, 3.63) is 68.9 Å². The molecule has 0 bridgehead atoms. The van der Waals surface area contributed by atoms with E-state index in [4.69, 9.17) is 17.0 Å². The first-order chi connectivity index (χ1) is 14.7. The standard InChI is InChI=1S/C21H13F3N2O3S2/c1-29-14-7-6-10(9-15-19(28)26-20(30)31-15)8-12(14)16-17(27)11-4-2-3-5-13(11)25-18(16)21(22,23)24/h2-9H,1H3,(H,25,27)(H,26,28,30). The Kier molecular flexibility index (Phi) is 5.36. The number of alkyl halides is 3. The minimum atomic E-state index is -4.81. The number of benzene rings is 2. The summed E-state index contributed by atoms with van der Waals surface area (Å²) in [6, 6.07) is 10.4. The van der Waals surface area contributed by atoms with Crippen LogP contribution in [0.1, 0.15) is 11.3 Å². The molecule has 1 fully saturated rings. The minimum Gasteiger partial charge on any atom is -0.496 e. The highest BCUT2D eigenvalue weighted by atomic mass is 32.2. The second-order valence-electron chi connectivity index (χ2n) is 6.56. The first-order valence-electron chi connectivity index (χ1n) is 8.84. The van der Waals surface area contributed by atoms with Crippen LogP contribution >= 0.6 is 24.0 Å². The molecule has 1 aliphatic rings. The van der Waals surface area contributed by atoms with E-state index in [9.17, 15) is 22.8 Å². The van der Waals surface area contributed by atoms with Crippen molar-refractivity contribution >= 4 is 51.2 Å². The molecule has 158 valence electrons. The number of aromatic nitrogens is 1. The number of pyridine rings is 1. The number of halogens is 3. The molecule has 1 aliphatic heterocycles. The average Bonchev–Trinajstić information content (AvgIpc) is 3.04. The molecule has 0 aliphatic carbocycles. The third-order valence-electron chi connectivity index (χ3n) is 4.62. The van der Waals surface area contributed by atoms with Gasteiger partial charge >= 0.3 is 6.18 Å². The van der Waals surface area contributed by atoms with Gasteiger partial charge in [-0.05, 0) is 35.9 Å². The lowest BCUT2D eigenvalue weighted by atomic mass is 9.97. The van der Waals surface area contributed by atoms with Gasteiger partial charge in [-0.25, -0.2) is 0 Å². The molecular formula is C21H13F3N2O3S2. The number of thioether (sulfide) groups is 1. The number of rotatable bonds is 3. The molecule has 3 aromatic rings. The molecule has 1 amide bonds. The summed E-state index contributed by atoms with van der Waals surface area (Å²) < 4.78 is 47.3. The lowest BCUT2D eigenvalue weighted by molar-refractivity contribution is -0.140. The highest BCUT2D eigenvalue weighted by Crippen LogP contribution is 2.39. The van der Waals surface area contributed by atoms with Crippen molar-refractivity contribution in [1.29, 1.82) is 0 Å². The van der Waals surface area contributed by atoms with E-state index < -0.39 is 28.8 Å². The summed E-state index contributed by atoms with van der Waals surface area (Å²) in [4.78, 5) is 27.7. The summed E-state index contributed by atoms with van der Waals surface area (Å²) in [5.74, 6) is -0.306. The molecule has 10 heteroatoms. The number of ether oxygens (including phenoxy) is 1. The lowest BCUT2D eigenvalue weighted by Crippen LogP contribution is -2.19. The van der Waals surface area contributed by atoms with Crippen molar-refractivity contribution in [2.75, 3.05) is 7.11 Å². The molecule has 0 atom stereocenters. The maximum Gasteiger partial charge on any atom is 0.432 e. The molecule has 2 N–H and O–H groups in total. The van der Waals surface area contributed by atoms with Crippen molar-refractivity contribution in [1.82, 2.24) is 10.3 Å². The van der Waals surface area contributed by atoms with Gasteiger partial charge in [0.25, 0.3) is 5.91 Å². The summed E-state index contributed by atoms with van der Waals surface area (Å²) in [5.41, 5.74) is -2.05. The van der Waals surface area contributed by atoms with Gasteiger partial charge < -0.3 is 15.0 Å². The van der Waals surface area contributed by atoms with E-state index in [1.54, 1.807) is 18.2 Å². The fourth-order valence-electron chi connectivity index (χ4n) is 3.29. The van der Waals surface area contributed by atoms with Crippen LogP contribution in [0.3, 0.4) is 0 Å². The zero-order chi connectivity index (χ0) is 22.3. The average molecular weight is 462 g/mol. The smallest absolute Gasteiger partial charge is 0.432 e.